The van der Waals surface area contributed by atoms with Gasteiger partial charge in [-0.15, -0.1) is 0 Å². The molecule has 8 nitrogen and oxygen atoms in total. The number of nitrogens with zero attached hydrogens (tertiary/aromatic N) is 1. The molecule has 2 amide bonds. The molecule has 1 aromatic carbocycles. The van der Waals surface area contributed by atoms with Crippen molar-refractivity contribution >= 4 is 29.5 Å². The number of likely N-dealkylation sites (tertiary alicyclic amines) is 1. The van der Waals surface area contributed by atoms with Crippen LogP contribution >= 0.6 is 11.6 Å². The number of benzene rings is 1. The molecular weight excluding hydrogens is 446 g/mol. The molecule has 3 rings (SSSR count). The van der Waals surface area contributed by atoms with E-state index in [2.05, 4.69) is 10.8 Å². The zero-order chi connectivity index (χ0) is 23.6. The number of rotatable bonds is 4. The lowest BCUT2D eigenvalue weighted by Gasteiger charge is -2.26. The summed E-state index contributed by atoms with van der Waals surface area (Å²) >= 11 is 6.30. The highest BCUT2D eigenvalue weighted by Gasteiger charge is 2.22. The van der Waals surface area contributed by atoms with Crippen molar-refractivity contribution in [1.29, 1.82) is 0 Å². The lowest BCUT2D eigenvalue weighted by molar-refractivity contribution is -0.139. The molecule has 0 aromatic heterocycles. The summed E-state index contributed by atoms with van der Waals surface area (Å²) in [6.07, 6.45) is 14.5. The van der Waals surface area contributed by atoms with Gasteiger partial charge in [-0.05, 0) is 50.7 Å². The van der Waals surface area contributed by atoms with E-state index >= 15 is 0 Å². The predicted molar refractivity (Wildman–Crippen MR) is 127 cm³/mol. The van der Waals surface area contributed by atoms with Crippen LogP contribution in [0, 0.1) is 0 Å². The highest BCUT2D eigenvalue weighted by atomic mass is 35.5. The smallest absolute Gasteiger partial charge is 0.255 e. The summed E-state index contributed by atoms with van der Waals surface area (Å²) in [4.78, 5) is 32.4. The van der Waals surface area contributed by atoms with Crippen LogP contribution in [0.5, 0.6) is 11.5 Å². The number of amides is 2. The molecule has 0 bridgehead atoms. The average molecular weight is 476 g/mol. The SMILES string of the molecule is O=C1NCCC=CCCC=C/C(NOCC(=O)N2CCCCC2)=C/c2c(Cl)c(O)cc(O)c21. The van der Waals surface area contributed by atoms with Gasteiger partial charge in [0.1, 0.15) is 11.5 Å². The fraction of sp³-hybridized carbons (Fsp3) is 0.417. The molecular formula is C24H30ClN3O5. The molecule has 9 heteroatoms. The highest BCUT2D eigenvalue weighted by Crippen LogP contribution is 2.37. The first kappa shape index (κ1) is 24.7. The van der Waals surface area contributed by atoms with Crippen molar-refractivity contribution < 1.29 is 24.6 Å². The van der Waals surface area contributed by atoms with Crippen molar-refractivity contribution in [2.75, 3.05) is 26.2 Å². The number of halogens is 1. The van der Waals surface area contributed by atoms with E-state index < -0.39 is 11.7 Å². The van der Waals surface area contributed by atoms with E-state index in [1.165, 1.54) is 6.08 Å². The Morgan fingerprint density at radius 3 is 2.61 bits per heavy atom. The lowest BCUT2D eigenvalue weighted by Crippen LogP contribution is -2.39. The predicted octanol–water partition coefficient (Wildman–Crippen LogP) is 3.65. The number of nitrogens with one attached hydrogen (secondary N) is 2. The molecule has 0 radical (unpaired) electrons. The minimum atomic E-state index is -0.518. The van der Waals surface area contributed by atoms with Gasteiger partial charge in [-0.25, -0.2) is 0 Å². The lowest BCUT2D eigenvalue weighted by atomic mass is 10.0. The van der Waals surface area contributed by atoms with E-state index in [4.69, 9.17) is 16.4 Å². The van der Waals surface area contributed by atoms with Gasteiger partial charge in [-0.1, -0.05) is 29.8 Å². The molecule has 1 saturated heterocycles. The summed E-state index contributed by atoms with van der Waals surface area (Å²) in [5, 5.41) is 23.2. The second-order valence-electron chi connectivity index (χ2n) is 7.95. The van der Waals surface area contributed by atoms with Crippen molar-refractivity contribution in [1.82, 2.24) is 15.7 Å². The molecule has 0 unspecified atom stereocenters. The first-order chi connectivity index (χ1) is 16.0. The van der Waals surface area contributed by atoms with E-state index in [1.54, 1.807) is 11.0 Å². The third kappa shape index (κ3) is 7.00. The zero-order valence-electron chi connectivity index (χ0n) is 18.5. The molecule has 2 aliphatic heterocycles. The number of piperidine rings is 1. The molecule has 4 N–H and O–H groups in total. The van der Waals surface area contributed by atoms with Crippen LogP contribution in [-0.2, 0) is 9.63 Å². The third-order valence-electron chi connectivity index (χ3n) is 5.44. The normalized spacial score (nSPS) is 19.1. The largest absolute Gasteiger partial charge is 0.507 e. The minimum Gasteiger partial charge on any atom is -0.507 e. The van der Waals surface area contributed by atoms with Crippen molar-refractivity contribution in [3.63, 3.8) is 0 Å². The summed E-state index contributed by atoms with van der Waals surface area (Å²) < 4.78 is 0. The number of carbonyl (C=O) groups is 2. The van der Waals surface area contributed by atoms with Gasteiger partial charge >= 0.3 is 0 Å². The second kappa shape index (κ2) is 12.3. The molecule has 1 aromatic rings. The van der Waals surface area contributed by atoms with Gasteiger partial charge in [0, 0.05) is 31.3 Å². The van der Waals surface area contributed by atoms with E-state index in [-0.39, 0.29) is 34.4 Å². The number of aromatic hydroxyl groups is 2. The van der Waals surface area contributed by atoms with Crippen molar-refractivity contribution in [2.45, 2.75) is 38.5 Å². The van der Waals surface area contributed by atoms with Crippen LogP contribution in [0.15, 0.2) is 36.1 Å². The Morgan fingerprint density at radius 2 is 1.82 bits per heavy atom. The number of fused-ring (bicyclic) bond motifs is 1. The molecule has 1 fully saturated rings. The van der Waals surface area contributed by atoms with Crippen LogP contribution in [0.3, 0.4) is 0 Å². The van der Waals surface area contributed by atoms with Crippen LogP contribution in [0.25, 0.3) is 6.08 Å². The van der Waals surface area contributed by atoms with Gasteiger partial charge in [-0.2, -0.15) is 0 Å². The Kier molecular flexibility index (Phi) is 9.21. The fourth-order valence-electron chi connectivity index (χ4n) is 3.70. The summed E-state index contributed by atoms with van der Waals surface area (Å²) in [6, 6.07) is 1.04. The van der Waals surface area contributed by atoms with Crippen LogP contribution in [0.1, 0.15) is 54.4 Å². The Morgan fingerprint density at radius 1 is 1.09 bits per heavy atom. The molecule has 178 valence electrons. The van der Waals surface area contributed by atoms with Gasteiger partial charge in [0.05, 0.1) is 16.3 Å². The first-order valence-electron chi connectivity index (χ1n) is 11.2. The maximum Gasteiger partial charge on any atom is 0.255 e. The van der Waals surface area contributed by atoms with E-state index in [0.717, 1.165) is 51.3 Å². The van der Waals surface area contributed by atoms with Crippen LogP contribution in [-0.4, -0.2) is 53.2 Å². The fourth-order valence-corrected chi connectivity index (χ4v) is 3.91. The van der Waals surface area contributed by atoms with Gasteiger partial charge in [0.15, 0.2) is 6.61 Å². The molecule has 2 heterocycles. The maximum absolute atomic E-state index is 12.8. The van der Waals surface area contributed by atoms with Gasteiger partial charge in [0.2, 0.25) is 0 Å². The van der Waals surface area contributed by atoms with Gasteiger partial charge in [-0.3, -0.25) is 19.9 Å². The van der Waals surface area contributed by atoms with Crippen molar-refractivity contribution in [2.24, 2.45) is 0 Å². The number of hydrogen-bond donors (Lipinski definition) is 4. The Bertz CT molecular complexity index is 952. The topological polar surface area (TPSA) is 111 Å². The number of hydroxylamine groups is 1. The third-order valence-corrected chi connectivity index (χ3v) is 5.84. The first-order valence-corrected chi connectivity index (χ1v) is 11.6. The van der Waals surface area contributed by atoms with Crippen molar-refractivity contribution in [3.05, 3.63) is 52.2 Å². The van der Waals surface area contributed by atoms with Gasteiger partial charge in [0.25, 0.3) is 11.8 Å². The average Bonchev–Trinajstić information content (AvgIpc) is 2.80. The highest BCUT2D eigenvalue weighted by molar-refractivity contribution is 6.34. The molecule has 0 spiro atoms. The van der Waals surface area contributed by atoms with Crippen molar-refractivity contribution in [3.8, 4) is 11.5 Å². The Labute approximate surface area is 198 Å². The van der Waals surface area contributed by atoms with Crippen LogP contribution in [0.2, 0.25) is 5.02 Å². The van der Waals surface area contributed by atoms with E-state index in [1.807, 2.05) is 18.2 Å². The monoisotopic (exact) mass is 475 g/mol. The Balaban J connectivity index is 1.86. The standard InChI is InChI=1S/C24H30ClN3O5/c25-23-18-14-17(27-33-16-21(31)28-12-8-5-9-13-28)10-6-3-1-2-4-7-11-26-24(32)22(18)19(29)15-20(23)30/h2,4,6,10,14-15,27,29-30H,1,3,5,7-9,11-13,16H2,(H,26,32)/b4-2?,10-6?,17-14-. The Hall–Kier alpha value is -2.97. The van der Waals surface area contributed by atoms with E-state index in [0.29, 0.717) is 18.7 Å². The minimum absolute atomic E-state index is 0.0593. The van der Waals surface area contributed by atoms with Gasteiger partial charge < -0.3 is 20.4 Å². The molecule has 0 aliphatic carbocycles. The second-order valence-corrected chi connectivity index (χ2v) is 8.32. The maximum atomic E-state index is 12.8. The zero-order valence-corrected chi connectivity index (χ0v) is 19.2. The van der Waals surface area contributed by atoms with Crippen LogP contribution in [0.4, 0.5) is 0 Å². The quantitative estimate of drug-likeness (QED) is 0.390. The van der Waals surface area contributed by atoms with Crippen LogP contribution < -0.4 is 10.8 Å². The summed E-state index contributed by atoms with van der Waals surface area (Å²) in [5.74, 6) is -1.38. The number of phenolic OH excluding ortho intramolecular Hbond substituents is 2. The number of hydrogen-bond acceptors (Lipinski definition) is 6. The number of phenols is 2. The molecule has 0 saturated carbocycles. The summed E-state index contributed by atoms with van der Waals surface area (Å²) in [6.45, 7) is 1.70. The number of allylic oxidation sites excluding steroid dienone is 3. The summed E-state index contributed by atoms with van der Waals surface area (Å²) in [7, 11) is 0. The number of carbonyl (C=O) groups excluding carboxylic acids is 2. The molecule has 2 aliphatic rings. The molecule has 33 heavy (non-hydrogen) atoms. The summed E-state index contributed by atoms with van der Waals surface area (Å²) in [5.41, 5.74) is 3.23. The molecule has 0 atom stereocenters. The van der Waals surface area contributed by atoms with E-state index in [9.17, 15) is 19.8 Å².